The molecular formula is C56H92N12O15. The van der Waals surface area contributed by atoms with Gasteiger partial charge in [0.1, 0.15) is 66.0 Å². The van der Waals surface area contributed by atoms with E-state index in [1.807, 2.05) is 30.3 Å². The number of aliphatic hydroxyl groups excluding tert-OH is 2. The lowest BCUT2D eigenvalue weighted by atomic mass is 9.94. The minimum atomic E-state index is -1.80. The van der Waals surface area contributed by atoms with Crippen molar-refractivity contribution in [3.63, 3.8) is 0 Å². The molecule has 0 spiro atoms. The van der Waals surface area contributed by atoms with Crippen molar-refractivity contribution in [1.29, 1.82) is 0 Å². The molecule has 0 unspecified atom stereocenters. The molecule has 1 aliphatic heterocycles. The van der Waals surface area contributed by atoms with Gasteiger partial charge in [-0.05, 0) is 76.8 Å². The van der Waals surface area contributed by atoms with Crippen molar-refractivity contribution in [1.82, 2.24) is 58.5 Å². The summed E-state index contributed by atoms with van der Waals surface area (Å²) >= 11 is 0. The summed E-state index contributed by atoms with van der Waals surface area (Å²) in [5.74, 6) is -13.0. The van der Waals surface area contributed by atoms with Crippen LogP contribution in [0.1, 0.15) is 127 Å². The van der Waals surface area contributed by atoms with Gasteiger partial charge in [0.25, 0.3) is 0 Å². The zero-order valence-corrected chi connectivity index (χ0v) is 50.2. The molecule has 0 aliphatic carbocycles. The summed E-state index contributed by atoms with van der Waals surface area (Å²) in [5, 5.41) is 49.1. The van der Waals surface area contributed by atoms with Crippen molar-refractivity contribution < 1.29 is 72.5 Å². The van der Waals surface area contributed by atoms with Gasteiger partial charge in [0, 0.05) is 6.42 Å². The molecule has 0 radical (unpaired) electrons. The van der Waals surface area contributed by atoms with Crippen LogP contribution in [-0.4, -0.2) is 173 Å². The van der Waals surface area contributed by atoms with E-state index in [-0.39, 0.29) is 12.8 Å². The Morgan fingerprint density at radius 2 is 1.06 bits per heavy atom. The number of carbonyl (C=O) groups excluding carboxylic acids is 12. The third-order valence-corrected chi connectivity index (χ3v) is 15.1. The summed E-state index contributed by atoms with van der Waals surface area (Å²) in [7, 11) is 1.60. The summed E-state index contributed by atoms with van der Waals surface area (Å²) in [6, 6.07) is -4.94. The highest BCUT2D eigenvalue weighted by atomic mass is 16.5. The van der Waals surface area contributed by atoms with E-state index < -0.39 is 193 Å². The number of benzene rings is 1. The topological polar surface area (TPSA) is 413 Å². The summed E-state index contributed by atoms with van der Waals surface area (Å²) in [4.78, 5) is 164. The minimum Gasteiger partial charge on any atom is -0.458 e. The third-order valence-electron chi connectivity index (χ3n) is 15.1. The highest BCUT2D eigenvalue weighted by molar-refractivity contribution is 6.00. The number of hydrogen-bond donors (Lipinski definition) is 14. The van der Waals surface area contributed by atoms with E-state index in [1.54, 1.807) is 62.4 Å². The lowest BCUT2D eigenvalue weighted by molar-refractivity contribution is -0.157. The van der Waals surface area contributed by atoms with Crippen molar-refractivity contribution in [2.45, 2.75) is 200 Å². The van der Waals surface area contributed by atoms with Crippen molar-refractivity contribution in [3.05, 3.63) is 35.9 Å². The maximum Gasteiger partial charge on any atom is 0.329 e. The van der Waals surface area contributed by atoms with Crippen LogP contribution in [0.3, 0.4) is 0 Å². The fourth-order valence-corrected chi connectivity index (χ4v) is 8.58. The normalized spacial score (nSPS) is 21.4. The van der Waals surface area contributed by atoms with E-state index in [0.29, 0.717) is 19.3 Å². The number of esters is 1. The van der Waals surface area contributed by atoms with Crippen molar-refractivity contribution in [2.24, 2.45) is 29.4 Å². The van der Waals surface area contributed by atoms with Crippen LogP contribution in [0.25, 0.3) is 0 Å². The number of hydrogen-bond acceptors (Lipinski definition) is 16. The number of amides is 11. The highest BCUT2D eigenvalue weighted by Gasteiger charge is 2.42. The molecule has 1 fully saturated rings. The third kappa shape index (κ3) is 21.8. The number of likely N-dealkylation sites (N-methyl/N-ethyl adjacent to an activating group) is 1. The zero-order chi connectivity index (χ0) is 63.1. The molecule has 1 aromatic carbocycles. The summed E-state index contributed by atoms with van der Waals surface area (Å²) in [6.07, 6.45) is -0.647. The molecule has 0 saturated carbocycles. The smallest absolute Gasteiger partial charge is 0.329 e. The quantitative estimate of drug-likeness (QED) is 0.0354. The standard InChI is InChI=1S/C56H92N12O15/c1-14-28(5)40(64-47(74)36(58-13)25-34-21-19-18-20-22-34)50(77)61-37(26-69)48(75)60-35(23-24-39(57)71)46(73)63-42(30(7)16-3)52(79)65-41(29(6)15-2)51(78)62-38(27-70)49(76)66-44-33(10)83-54(81)43(31(8)17-4)67-55(82)56(11,12)68-45(72)32(9)59-53(44)80/h18-22,28-33,35-38,40-44,58,69-70H,14-17,23-27H2,1-13H3,(H2,57,71)(H,59,80)(H,60,75)(H,61,77)(H,62,78)(H,63,73)(H,64,74)(H,65,79)(H,66,76)(H,67,82)(H,68,72)/t28-,29-,30+,31-,32-,33-,35+,36+,37-,38-,40-,41-,42+,43-,44+/m0/s1. The van der Waals surface area contributed by atoms with Crippen LogP contribution < -0.4 is 64.2 Å². The zero-order valence-electron chi connectivity index (χ0n) is 50.2. The molecule has 15 N–H and O–H groups in total. The molecule has 0 aromatic heterocycles. The van der Waals surface area contributed by atoms with E-state index in [0.717, 1.165) is 5.56 Å². The number of nitrogens with one attached hydrogen (secondary N) is 11. The van der Waals surface area contributed by atoms with Gasteiger partial charge < -0.3 is 79.2 Å². The number of rotatable bonds is 30. The van der Waals surface area contributed by atoms with Gasteiger partial charge in [-0.2, -0.15) is 0 Å². The number of nitrogens with two attached hydrogens (primary N) is 1. The summed E-state index contributed by atoms with van der Waals surface area (Å²) in [5.41, 5.74) is 4.75. The Labute approximate surface area is 486 Å². The monoisotopic (exact) mass is 1170 g/mol. The minimum absolute atomic E-state index is 0.264. The second-order valence-corrected chi connectivity index (χ2v) is 22.0. The molecule has 27 heteroatoms. The molecule has 2 rings (SSSR count). The Morgan fingerprint density at radius 1 is 0.614 bits per heavy atom. The largest absolute Gasteiger partial charge is 0.458 e. The van der Waals surface area contributed by atoms with Crippen LogP contribution in [0, 0.1) is 23.7 Å². The molecule has 0 bridgehead atoms. The van der Waals surface area contributed by atoms with Crippen LogP contribution in [-0.2, 0) is 68.7 Å². The summed E-state index contributed by atoms with van der Waals surface area (Å²) < 4.78 is 5.66. The second kappa shape index (κ2) is 34.4. The van der Waals surface area contributed by atoms with Gasteiger partial charge in [-0.3, -0.25) is 52.7 Å². The van der Waals surface area contributed by atoms with E-state index >= 15 is 0 Å². The predicted octanol–water partition coefficient (Wildman–Crippen LogP) is -2.53. The average Bonchev–Trinajstić information content (AvgIpc) is 3.73. The average molecular weight is 1170 g/mol. The van der Waals surface area contributed by atoms with Gasteiger partial charge in [-0.25, -0.2) is 4.79 Å². The molecule has 1 heterocycles. The first kappa shape index (κ1) is 71.8. The molecule has 466 valence electrons. The fraction of sp³-hybridized carbons (Fsp3) is 0.679. The van der Waals surface area contributed by atoms with Crippen LogP contribution in [0.4, 0.5) is 0 Å². The van der Waals surface area contributed by atoms with Gasteiger partial charge in [0.15, 0.2) is 0 Å². The van der Waals surface area contributed by atoms with E-state index in [4.69, 9.17) is 10.5 Å². The van der Waals surface area contributed by atoms with Crippen molar-refractivity contribution >= 4 is 70.9 Å². The van der Waals surface area contributed by atoms with Gasteiger partial charge in [0.05, 0.1) is 19.3 Å². The number of ether oxygens (including phenoxy) is 1. The van der Waals surface area contributed by atoms with E-state index in [1.165, 1.54) is 27.7 Å². The molecule has 1 aliphatic rings. The molecule has 15 atom stereocenters. The molecule has 83 heavy (non-hydrogen) atoms. The van der Waals surface area contributed by atoms with Gasteiger partial charge in [-0.1, -0.05) is 111 Å². The Morgan fingerprint density at radius 3 is 1.52 bits per heavy atom. The van der Waals surface area contributed by atoms with Gasteiger partial charge in [0.2, 0.25) is 65.0 Å². The van der Waals surface area contributed by atoms with Gasteiger partial charge >= 0.3 is 5.97 Å². The molecule has 11 amide bonds. The van der Waals surface area contributed by atoms with Crippen molar-refractivity contribution in [3.8, 4) is 0 Å². The number of cyclic esters (lactones) is 1. The number of primary amides is 1. The lowest BCUT2D eigenvalue weighted by Crippen LogP contribution is -2.63. The molecular weight excluding hydrogens is 1080 g/mol. The van der Waals surface area contributed by atoms with Crippen LogP contribution >= 0.6 is 0 Å². The van der Waals surface area contributed by atoms with Gasteiger partial charge in [-0.15, -0.1) is 0 Å². The Kier molecular flexibility index (Phi) is 29.8. The first-order valence-corrected chi connectivity index (χ1v) is 28.4. The molecule has 1 aromatic rings. The Balaban J connectivity index is 2.40. The summed E-state index contributed by atoms with van der Waals surface area (Å²) in [6.45, 7) is 17.0. The predicted molar refractivity (Wildman–Crippen MR) is 304 cm³/mol. The highest BCUT2D eigenvalue weighted by Crippen LogP contribution is 2.18. The Bertz CT molecular complexity index is 2410. The van der Waals surface area contributed by atoms with Crippen LogP contribution in [0.2, 0.25) is 0 Å². The number of aliphatic hydroxyl groups is 2. The maximum atomic E-state index is 14.3. The first-order chi connectivity index (χ1) is 38.9. The maximum absolute atomic E-state index is 14.3. The fourth-order valence-electron chi connectivity index (χ4n) is 8.58. The molecule has 27 nitrogen and oxygen atoms in total. The lowest BCUT2D eigenvalue weighted by Gasteiger charge is -2.31. The molecule has 1 saturated heterocycles. The van der Waals surface area contributed by atoms with E-state index in [9.17, 15) is 67.7 Å². The Hall–Kier alpha value is -7.26. The SMILES string of the molecule is CC[C@@H](C)[C@@H](NC(=O)[C@@H](CCC(N)=O)NC(=O)[C@H](CO)NC(=O)[C@@H](NC(=O)[C@@H](Cc1ccccc1)NC)[C@@H](C)CC)C(=O)N[C@H](C(=O)N[C@@H](CO)C(=O)N[C@H]1C(=O)N[C@@H](C)C(=O)NC(C)(C)C(=O)N[C@@H]([C@@H](C)CC)C(=O)O[C@H]1C)[C@@H](C)CC. The van der Waals surface area contributed by atoms with Crippen LogP contribution in [0.15, 0.2) is 30.3 Å². The second-order valence-electron chi connectivity index (χ2n) is 22.0. The number of carbonyl (C=O) groups is 12. The first-order valence-electron chi connectivity index (χ1n) is 28.4. The van der Waals surface area contributed by atoms with Crippen molar-refractivity contribution in [2.75, 3.05) is 20.3 Å². The van der Waals surface area contributed by atoms with E-state index in [2.05, 4.69) is 58.5 Å². The van der Waals surface area contributed by atoms with Crippen LogP contribution in [0.5, 0.6) is 0 Å².